The van der Waals surface area contributed by atoms with Crippen LogP contribution in [0.25, 0.3) is 0 Å². The summed E-state index contributed by atoms with van der Waals surface area (Å²) in [4.78, 5) is 19.7. The van der Waals surface area contributed by atoms with Crippen LogP contribution >= 0.6 is 0 Å². The molecular weight excluding hydrogens is 310 g/mol. The summed E-state index contributed by atoms with van der Waals surface area (Å²) in [6.07, 6.45) is 8.21. The molecule has 0 radical (unpaired) electrons. The van der Waals surface area contributed by atoms with Crippen molar-refractivity contribution in [2.24, 2.45) is 17.3 Å². The van der Waals surface area contributed by atoms with Gasteiger partial charge in [0.2, 0.25) is 5.91 Å². The zero-order valence-electron chi connectivity index (χ0n) is 16.5. The summed E-state index contributed by atoms with van der Waals surface area (Å²) in [6.45, 7) is 13.8. The monoisotopic (exact) mass is 347 g/mol. The fourth-order valence-corrected chi connectivity index (χ4v) is 5.75. The molecule has 1 amide bonds. The lowest BCUT2D eigenvalue weighted by molar-refractivity contribution is -0.161. The van der Waals surface area contributed by atoms with Gasteiger partial charge in [0.15, 0.2) is 0 Å². The Kier molecular flexibility index (Phi) is 4.87. The Bertz CT molecular complexity index is 475. The second-order valence-corrected chi connectivity index (χ2v) is 9.90. The predicted octanol–water partition coefficient (Wildman–Crippen LogP) is 2.83. The van der Waals surface area contributed by atoms with E-state index >= 15 is 0 Å². The van der Waals surface area contributed by atoms with E-state index in [1.165, 1.54) is 64.7 Å². The van der Waals surface area contributed by atoms with Crippen LogP contribution in [0.3, 0.4) is 0 Å². The zero-order valence-corrected chi connectivity index (χ0v) is 16.5. The largest absolute Gasteiger partial charge is 0.341 e. The van der Waals surface area contributed by atoms with Crippen molar-refractivity contribution in [1.29, 1.82) is 0 Å². The minimum atomic E-state index is 0.157. The van der Waals surface area contributed by atoms with Gasteiger partial charge in [-0.25, -0.2) is 0 Å². The van der Waals surface area contributed by atoms with Gasteiger partial charge in [-0.1, -0.05) is 20.8 Å². The molecule has 0 aromatic rings. The van der Waals surface area contributed by atoms with Gasteiger partial charge in [0, 0.05) is 36.5 Å². The molecule has 4 fully saturated rings. The molecule has 25 heavy (non-hydrogen) atoms. The standard InChI is InChI=1S/C21H37N3O/c1-16(2)20(25)24-14-21(15-24)12-19(13-21)23-10-6-18(7-11-23)22-8-4-17(3)5-9-22/h16-19H,4-15H2,1-3H3. The van der Waals surface area contributed by atoms with Crippen LogP contribution < -0.4 is 0 Å². The minimum Gasteiger partial charge on any atom is -0.341 e. The Morgan fingerprint density at radius 2 is 1.40 bits per heavy atom. The van der Waals surface area contributed by atoms with E-state index in [0.29, 0.717) is 11.3 Å². The van der Waals surface area contributed by atoms with E-state index in [9.17, 15) is 4.79 Å². The summed E-state index contributed by atoms with van der Waals surface area (Å²) in [5.41, 5.74) is 0.495. The Balaban J connectivity index is 1.18. The molecule has 4 aliphatic rings. The van der Waals surface area contributed by atoms with E-state index in [0.717, 1.165) is 31.1 Å². The normalized spacial score (nSPS) is 29.8. The number of rotatable bonds is 3. The topological polar surface area (TPSA) is 26.8 Å². The highest BCUT2D eigenvalue weighted by Gasteiger charge is 2.55. The Morgan fingerprint density at radius 3 is 1.96 bits per heavy atom. The SMILES string of the molecule is CC1CCN(C2CCN(C3CC4(C3)CN(C(=O)C(C)C)C4)CC2)CC1. The van der Waals surface area contributed by atoms with Gasteiger partial charge < -0.3 is 14.7 Å². The van der Waals surface area contributed by atoms with E-state index < -0.39 is 0 Å². The molecule has 142 valence electrons. The molecule has 4 heteroatoms. The Hall–Kier alpha value is -0.610. The molecule has 1 aliphatic carbocycles. The van der Waals surface area contributed by atoms with Crippen LogP contribution in [0, 0.1) is 17.3 Å². The smallest absolute Gasteiger partial charge is 0.225 e. The lowest BCUT2D eigenvalue weighted by atomic mass is 9.60. The van der Waals surface area contributed by atoms with E-state index in [4.69, 9.17) is 0 Å². The molecular formula is C21H37N3O. The number of likely N-dealkylation sites (tertiary alicyclic amines) is 3. The molecule has 0 atom stereocenters. The van der Waals surface area contributed by atoms with Crippen molar-refractivity contribution in [3.63, 3.8) is 0 Å². The van der Waals surface area contributed by atoms with Crippen LogP contribution in [0.15, 0.2) is 0 Å². The maximum absolute atomic E-state index is 12.1. The molecule has 1 spiro atoms. The predicted molar refractivity (Wildman–Crippen MR) is 101 cm³/mol. The van der Waals surface area contributed by atoms with Crippen molar-refractivity contribution >= 4 is 5.91 Å². The quantitative estimate of drug-likeness (QED) is 0.785. The van der Waals surface area contributed by atoms with Gasteiger partial charge in [-0.2, -0.15) is 0 Å². The average molecular weight is 348 g/mol. The molecule has 1 saturated carbocycles. The highest BCUT2D eigenvalue weighted by molar-refractivity contribution is 5.79. The van der Waals surface area contributed by atoms with Gasteiger partial charge in [0.25, 0.3) is 0 Å². The second-order valence-electron chi connectivity index (χ2n) is 9.90. The highest BCUT2D eigenvalue weighted by Crippen LogP contribution is 2.51. The van der Waals surface area contributed by atoms with Gasteiger partial charge in [-0.15, -0.1) is 0 Å². The first-order valence-corrected chi connectivity index (χ1v) is 10.7. The molecule has 4 nitrogen and oxygen atoms in total. The Morgan fingerprint density at radius 1 is 0.880 bits per heavy atom. The van der Waals surface area contributed by atoms with Gasteiger partial charge >= 0.3 is 0 Å². The van der Waals surface area contributed by atoms with Crippen LogP contribution in [0.2, 0.25) is 0 Å². The lowest BCUT2D eigenvalue weighted by Crippen LogP contribution is -2.68. The molecule has 3 aliphatic heterocycles. The number of hydrogen-bond acceptors (Lipinski definition) is 3. The van der Waals surface area contributed by atoms with Gasteiger partial charge in [-0.3, -0.25) is 4.79 Å². The molecule has 4 rings (SSSR count). The van der Waals surface area contributed by atoms with E-state index in [-0.39, 0.29) is 5.92 Å². The van der Waals surface area contributed by atoms with Crippen molar-refractivity contribution in [1.82, 2.24) is 14.7 Å². The third-order valence-electron chi connectivity index (χ3n) is 7.55. The average Bonchev–Trinajstić information content (AvgIpc) is 2.53. The van der Waals surface area contributed by atoms with Gasteiger partial charge in [0.1, 0.15) is 0 Å². The molecule has 0 aromatic heterocycles. The van der Waals surface area contributed by atoms with Crippen molar-refractivity contribution in [2.75, 3.05) is 39.3 Å². The number of piperidine rings is 2. The molecule has 0 bridgehead atoms. The van der Waals surface area contributed by atoms with Crippen molar-refractivity contribution in [3.05, 3.63) is 0 Å². The summed E-state index contributed by atoms with van der Waals surface area (Å²) in [5.74, 6) is 1.45. The maximum Gasteiger partial charge on any atom is 0.225 e. The number of carbonyl (C=O) groups is 1. The van der Waals surface area contributed by atoms with Crippen LogP contribution in [-0.2, 0) is 4.79 Å². The Labute approximate surface area is 153 Å². The summed E-state index contributed by atoms with van der Waals surface area (Å²) in [6, 6.07) is 1.65. The zero-order chi connectivity index (χ0) is 17.6. The van der Waals surface area contributed by atoms with E-state index in [2.05, 4.69) is 21.6 Å². The first-order chi connectivity index (χ1) is 12.0. The van der Waals surface area contributed by atoms with E-state index in [1.807, 2.05) is 13.8 Å². The fraction of sp³-hybridized carbons (Fsp3) is 0.952. The number of carbonyl (C=O) groups excluding carboxylic acids is 1. The van der Waals surface area contributed by atoms with Crippen LogP contribution in [0.4, 0.5) is 0 Å². The summed E-state index contributed by atoms with van der Waals surface area (Å²) in [5, 5.41) is 0. The summed E-state index contributed by atoms with van der Waals surface area (Å²) >= 11 is 0. The highest BCUT2D eigenvalue weighted by atomic mass is 16.2. The van der Waals surface area contributed by atoms with E-state index in [1.54, 1.807) is 0 Å². The third kappa shape index (κ3) is 3.49. The summed E-state index contributed by atoms with van der Waals surface area (Å²) in [7, 11) is 0. The van der Waals surface area contributed by atoms with Crippen LogP contribution in [0.1, 0.15) is 59.3 Å². The fourth-order valence-electron chi connectivity index (χ4n) is 5.75. The van der Waals surface area contributed by atoms with Crippen LogP contribution in [0.5, 0.6) is 0 Å². The van der Waals surface area contributed by atoms with Gasteiger partial charge in [-0.05, 0) is 70.6 Å². The van der Waals surface area contributed by atoms with Gasteiger partial charge in [0.05, 0.1) is 0 Å². The maximum atomic E-state index is 12.1. The summed E-state index contributed by atoms with van der Waals surface area (Å²) < 4.78 is 0. The molecule has 3 heterocycles. The first kappa shape index (κ1) is 17.8. The first-order valence-electron chi connectivity index (χ1n) is 10.7. The minimum absolute atomic E-state index is 0.157. The van der Waals surface area contributed by atoms with Crippen molar-refractivity contribution in [2.45, 2.75) is 71.4 Å². The number of nitrogens with zero attached hydrogens (tertiary/aromatic N) is 3. The third-order valence-corrected chi connectivity index (χ3v) is 7.55. The van der Waals surface area contributed by atoms with Crippen molar-refractivity contribution < 1.29 is 4.79 Å². The molecule has 3 saturated heterocycles. The number of hydrogen-bond donors (Lipinski definition) is 0. The molecule has 0 aromatic carbocycles. The van der Waals surface area contributed by atoms with Crippen LogP contribution in [-0.4, -0.2) is 72.0 Å². The lowest BCUT2D eigenvalue weighted by Gasteiger charge is -2.62. The molecule has 0 N–H and O–H groups in total. The number of amides is 1. The second kappa shape index (κ2) is 6.84. The van der Waals surface area contributed by atoms with Crippen molar-refractivity contribution in [3.8, 4) is 0 Å². The molecule has 0 unspecified atom stereocenters.